The van der Waals surface area contributed by atoms with Gasteiger partial charge < -0.3 is 0 Å². The van der Waals surface area contributed by atoms with E-state index in [2.05, 4.69) is 21.1 Å². The average molecular weight is 241 g/mol. The Morgan fingerprint density at radius 3 is 2.71 bits per heavy atom. The molecule has 0 atom stereocenters. The maximum absolute atomic E-state index is 5.87. The first kappa shape index (κ1) is 10.2. The topological polar surface area (TPSA) is 38.7 Å². The Morgan fingerprint density at radius 1 is 1.06 bits per heavy atom. The number of hydrogen-bond donors (Lipinski definition) is 0. The number of rotatable bonds is 1. The third-order valence-corrected chi connectivity index (χ3v) is 2.74. The van der Waals surface area contributed by atoms with Crippen molar-refractivity contribution in [2.75, 3.05) is 0 Å². The Bertz CT molecular complexity index is 660. The maximum atomic E-state index is 5.87. The lowest BCUT2D eigenvalue weighted by Gasteiger charge is -2.04. The summed E-state index contributed by atoms with van der Waals surface area (Å²) in [4.78, 5) is 12.6. The lowest BCUT2D eigenvalue weighted by Crippen LogP contribution is -1.88. The predicted octanol–water partition coefficient (Wildman–Crippen LogP) is 3.15. The zero-order valence-electron chi connectivity index (χ0n) is 8.76. The molecule has 0 aliphatic carbocycles. The smallest absolute Gasteiger partial charge is 0.109 e. The zero-order valence-corrected chi connectivity index (χ0v) is 9.52. The summed E-state index contributed by atoms with van der Waals surface area (Å²) >= 11 is 5.87. The highest BCUT2D eigenvalue weighted by molar-refractivity contribution is 6.30. The molecule has 0 aliphatic heterocycles. The summed E-state index contributed by atoms with van der Waals surface area (Å²) in [5.74, 6) is 0. The normalized spacial score (nSPS) is 10.6. The van der Waals surface area contributed by atoms with Crippen LogP contribution in [0.15, 0.2) is 42.9 Å². The molecule has 0 unspecified atom stereocenters. The molecule has 0 bridgehead atoms. The third-order valence-electron chi connectivity index (χ3n) is 2.49. The van der Waals surface area contributed by atoms with Crippen LogP contribution in [0.5, 0.6) is 0 Å². The second kappa shape index (κ2) is 4.11. The van der Waals surface area contributed by atoms with Crippen LogP contribution < -0.4 is 0 Å². The van der Waals surface area contributed by atoms with Crippen LogP contribution in [0.1, 0.15) is 0 Å². The molecule has 0 N–H and O–H groups in total. The summed E-state index contributed by atoms with van der Waals surface area (Å²) in [5, 5.41) is 0.708. The van der Waals surface area contributed by atoms with E-state index < -0.39 is 0 Å². The van der Waals surface area contributed by atoms with Crippen LogP contribution in [0.3, 0.4) is 0 Å². The fourth-order valence-corrected chi connectivity index (χ4v) is 1.81. The molecule has 0 fully saturated rings. The Morgan fingerprint density at radius 2 is 1.88 bits per heavy atom. The fourth-order valence-electron chi connectivity index (χ4n) is 1.69. The van der Waals surface area contributed by atoms with E-state index in [1.165, 1.54) is 6.20 Å². The molecule has 17 heavy (non-hydrogen) atoms. The van der Waals surface area contributed by atoms with Gasteiger partial charge in [0.15, 0.2) is 0 Å². The van der Waals surface area contributed by atoms with Gasteiger partial charge in [-0.2, -0.15) is 0 Å². The van der Waals surface area contributed by atoms with Crippen LogP contribution >= 0.6 is 11.6 Å². The van der Waals surface area contributed by atoms with Crippen LogP contribution in [-0.2, 0) is 0 Å². The molecule has 0 amide bonds. The highest BCUT2D eigenvalue weighted by Gasteiger charge is 2.05. The molecule has 81 valence electrons. The van der Waals surface area contributed by atoms with Gasteiger partial charge in [0.25, 0.3) is 0 Å². The molecule has 0 spiro atoms. The SMILES string of the molecule is Clc1ccc(-c2cncc3nc[c]nc23)cc1. The number of fused-ring (bicyclic) bond motifs is 1. The van der Waals surface area contributed by atoms with E-state index in [4.69, 9.17) is 11.6 Å². The fraction of sp³-hybridized carbons (Fsp3) is 0. The number of nitrogens with zero attached hydrogens (tertiary/aromatic N) is 3. The van der Waals surface area contributed by atoms with E-state index in [0.717, 1.165) is 22.2 Å². The number of halogens is 1. The second-order valence-corrected chi connectivity index (χ2v) is 4.00. The maximum Gasteiger partial charge on any atom is 0.109 e. The third kappa shape index (κ3) is 1.85. The highest BCUT2D eigenvalue weighted by atomic mass is 35.5. The number of aromatic nitrogens is 3. The molecule has 4 heteroatoms. The summed E-state index contributed by atoms with van der Waals surface area (Å²) in [7, 11) is 0. The monoisotopic (exact) mass is 240 g/mol. The highest BCUT2D eigenvalue weighted by Crippen LogP contribution is 2.25. The minimum atomic E-state index is 0.708. The van der Waals surface area contributed by atoms with E-state index in [0.29, 0.717) is 5.02 Å². The quantitative estimate of drug-likeness (QED) is 0.656. The molecule has 1 radical (unpaired) electrons. The van der Waals surface area contributed by atoms with Gasteiger partial charge in [-0.25, -0.2) is 4.98 Å². The van der Waals surface area contributed by atoms with Crippen molar-refractivity contribution < 1.29 is 0 Å². The van der Waals surface area contributed by atoms with Crippen LogP contribution in [0.4, 0.5) is 0 Å². The van der Waals surface area contributed by atoms with E-state index in [1.807, 2.05) is 24.3 Å². The van der Waals surface area contributed by atoms with Gasteiger partial charge in [-0.15, -0.1) is 0 Å². The van der Waals surface area contributed by atoms with Gasteiger partial charge in [-0.05, 0) is 17.7 Å². The van der Waals surface area contributed by atoms with Crippen molar-refractivity contribution in [2.45, 2.75) is 0 Å². The average Bonchev–Trinajstić information content (AvgIpc) is 2.39. The van der Waals surface area contributed by atoms with Crippen LogP contribution in [0, 0.1) is 6.20 Å². The molecule has 3 nitrogen and oxygen atoms in total. The number of pyridine rings is 1. The van der Waals surface area contributed by atoms with Gasteiger partial charge in [0.05, 0.1) is 12.4 Å². The van der Waals surface area contributed by atoms with Gasteiger partial charge in [0.1, 0.15) is 17.2 Å². The van der Waals surface area contributed by atoms with Gasteiger partial charge in [0, 0.05) is 16.8 Å². The Kier molecular flexibility index (Phi) is 2.46. The molecular weight excluding hydrogens is 234 g/mol. The molecule has 0 saturated carbocycles. The van der Waals surface area contributed by atoms with Gasteiger partial charge >= 0.3 is 0 Å². The van der Waals surface area contributed by atoms with Crippen molar-refractivity contribution in [3.63, 3.8) is 0 Å². The van der Waals surface area contributed by atoms with E-state index >= 15 is 0 Å². The first-order chi connectivity index (χ1) is 8.34. The van der Waals surface area contributed by atoms with Crippen molar-refractivity contribution in [1.82, 2.24) is 15.0 Å². The molecule has 0 aliphatic rings. The van der Waals surface area contributed by atoms with Crippen LogP contribution in [0.25, 0.3) is 22.2 Å². The minimum Gasteiger partial charge on any atom is -0.262 e. The van der Waals surface area contributed by atoms with Crippen molar-refractivity contribution in [3.8, 4) is 11.1 Å². The van der Waals surface area contributed by atoms with Gasteiger partial charge in [-0.3, -0.25) is 9.97 Å². The summed E-state index contributed by atoms with van der Waals surface area (Å²) in [6.07, 6.45) is 7.74. The molecule has 3 rings (SSSR count). The Labute approximate surface area is 103 Å². The Balaban J connectivity index is 2.27. The van der Waals surface area contributed by atoms with E-state index in [-0.39, 0.29) is 0 Å². The zero-order chi connectivity index (χ0) is 11.7. The van der Waals surface area contributed by atoms with Crippen molar-refractivity contribution in [3.05, 3.63) is 54.1 Å². The summed E-state index contributed by atoms with van der Waals surface area (Å²) in [6.45, 7) is 0. The van der Waals surface area contributed by atoms with Crippen LogP contribution in [0.2, 0.25) is 5.02 Å². The molecule has 2 aromatic heterocycles. The Hall–Kier alpha value is -2.00. The largest absolute Gasteiger partial charge is 0.262 e. The van der Waals surface area contributed by atoms with Gasteiger partial charge in [0.2, 0.25) is 0 Å². The molecule has 3 aromatic rings. The standard InChI is InChI=1S/C13H7ClN3/c14-10-3-1-9(2-4-10)11-7-15-8-12-13(11)17-6-5-16-12/h1-5,7-8H. The molecule has 2 heterocycles. The van der Waals surface area contributed by atoms with Crippen molar-refractivity contribution in [1.29, 1.82) is 0 Å². The number of hydrogen-bond acceptors (Lipinski definition) is 3. The van der Waals surface area contributed by atoms with E-state index in [1.54, 1.807) is 12.4 Å². The molecule has 0 saturated heterocycles. The minimum absolute atomic E-state index is 0.708. The first-order valence-corrected chi connectivity index (χ1v) is 5.45. The summed E-state index contributed by atoms with van der Waals surface area (Å²) in [6, 6.07) is 7.56. The molecular formula is C13H7ClN3. The summed E-state index contributed by atoms with van der Waals surface area (Å²) < 4.78 is 0. The predicted molar refractivity (Wildman–Crippen MR) is 66.6 cm³/mol. The summed E-state index contributed by atoms with van der Waals surface area (Å²) in [5.41, 5.74) is 3.51. The van der Waals surface area contributed by atoms with Gasteiger partial charge in [-0.1, -0.05) is 23.7 Å². The second-order valence-electron chi connectivity index (χ2n) is 3.56. The van der Waals surface area contributed by atoms with Crippen LogP contribution in [-0.4, -0.2) is 15.0 Å². The lowest BCUT2D eigenvalue weighted by molar-refractivity contribution is 1.24. The van der Waals surface area contributed by atoms with Crippen molar-refractivity contribution >= 4 is 22.6 Å². The lowest BCUT2D eigenvalue weighted by atomic mass is 10.1. The van der Waals surface area contributed by atoms with Crippen molar-refractivity contribution in [2.24, 2.45) is 0 Å². The van der Waals surface area contributed by atoms with E-state index in [9.17, 15) is 0 Å². The molecule has 1 aromatic carbocycles. The number of benzene rings is 1. The first-order valence-electron chi connectivity index (χ1n) is 5.07.